The van der Waals surface area contributed by atoms with Crippen LogP contribution in [0.3, 0.4) is 0 Å². The Balaban J connectivity index is 2.12. The highest BCUT2D eigenvalue weighted by atomic mass is 32.1. The van der Waals surface area contributed by atoms with Gasteiger partial charge in [-0.3, -0.25) is 10.1 Å². The summed E-state index contributed by atoms with van der Waals surface area (Å²) >= 11 is 4.29. The van der Waals surface area contributed by atoms with E-state index in [1.54, 1.807) is 0 Å². The number of nitrogens with zero attached hydrogens (tertiary/aromatic N) is 1. The van der Waals surface area contributed by atoms with Gasteiger partial charge >= 0.3 is 5.69 Å². The van der Waals surface area contributed by atoms with Crippen LogP contribution in [0, 0.1) is 27.2 Å². The van der Waals surface area contributed by atoms with Gasteiger partial charge in [-0.15, -0.1) is 0 Å². The van der Waals surface area contributed by atoms with Crippen molar-refractivity contribution in [1.29, 1.82) is 0 Å². The molecular formula is C13H15F2NO4S. The molecular weight excluding hydrogens is 304 g/mol. The smallest absolute Gasteiger partial charge is 0.307 e. The van der Waals surface area contributed by atoms with E-state index in [4.69, 9.17) is 9.47 Å². The molecule has 2 rings (SSSR count). The van der Waals surface area contributed by atoms with Gasteiger partial charge in [0.15, 0.2) is 11.6 Å². The van der Waals surface area contributed by atoms with Gasteiger partial charge in [0.25, 0.3) is 0 Å². The molecule has 8 heteroatoms. The van der Waals surface area contributed by atoms with Gasteiger partial charge in [0, 0.05) is 24.7 Å². The van der Waals surface area contributed by atoms with E-state index < -0.39 is 22.2 Å². The number of nitro groups is 1. The number of ether oxygens (including phenoxy) is 2. The standard InChI is InChI=1S/C13H15F2NO4S/c14-9-6-12(10(15)5-11(9)16(17)18)20-7-13(8-21)1-3-19-4-2-13/h5-6,21H,1-4,7-8H2. The van der Waals surface area contributed by atoms with Crippen LogP contribution in [0.4, 0.5) is 14.5 Å². The first kappa shape index (κ1) is 16.0. The summed E-state index contributed by atoms with van der Waals surface area (Å²) in [5, 5.41) is 10.5. The Hall–Kier alpha value is -1.41. The van der Waals surface area contributed by atoms with Gasteiger partial charge < -0.3 is 9.47 Å². The second-order valence-corrected chi connectivity index (χ2v) is 5.37. The Labute approximate surface area is 125 Å². The fourth-order valence-electron chi connectivity index (χ4n) is 2.15. The van der Waals surface area contributed by atoms with E-state index in [2.05, 4.69) is 12.6 Å². The van der Waals surface area contributed by atoms with E-state index in [0.717, 1.165) is 0 Å². The first-order valence-electron chi connectivity index (χ1n) is 6.42. The molecule has 1 heterocycles. The van der Waals surface area contributed by atoms with Crippen LogP contribution >= 0.6 is 12.6 Å². The molecule has 1 aromatic carbocycles. The van der Waals surface area contributed by atoms with Gasteiger partial charge in [-0.1, -0.05) is 0 Å². The first-order valence-corrected chi connectivity index (χ1v) is 7.05. The number of benzene rings is 1. The van der Waals surface area contributed by atoms with E-state index in [9.17, 15) is 18.9 Å². The van der Waals surface area contributed by atoms with E-state index in [1.807, 2.05) is 0 Å². The van der Waals surface area contributed by atoms with Crippen LogP contribution in [0.1, 0.15) is 12.8 Å². The summed E-state index contributed by atoms with van der Waals surface area (Å²) < 4.78 is 37.8. The Morgan fingerprint density at radius 3 is 2.57 bits per heavy atom. The van der Waals surface area contributed by atoms with E-state index in [1.165, 1.54) is 0 Å². The van der Waals surface area contributed by atoms with Gasteiger partial charge in [-0.05, 0) is 18.6 Å². The van der Waals surface area contributed by atoms with Crippen molar-refractivity contribution in [3.8, 4) is 5.75 Å². The summed E-state index contributed by atoms with van der Waals surface area (Å²) in [7, 11) is 0. The lowest BCUT2D eigenvalue weighted by Crippen LogP contribution is -2.37. The summed E-state index contributed by atoms with van der Waals surface area (Å²) in [6.07, 6.45) is 1.43. The molecule has 0 unspecified atom stereocenters. The Kier molecular flexibility index (Phi) is 5.00. The highest BCUT2D eigenvalue weighted by Crippen LogP contribution is 2.34. The molecule has 1 saturated heterocycles. The van der Waals surface area contributed by atoms with Crippen molar-refractivity contribution in [1.82, 2.24) is 0 Å². The zero-order valence-corrected chi connectivity index (χ0v) is 12.1. The van der Waals surface area contributed by atoms with Crippen LogP contribution in [0.2, 0.25) is 0 Å². The zero-order chi connectivity index (χ0) is 15.5. The number of hydrogen-bond acceptors (Lipinski definition) is 5. The van der Waals surface area contributed by atoms with E-state index >= 15 is 0 Å². The normalized spacial score (nSPS) is 17.5. The maximum atomic E-state index is 13.7. The maximum Gasteiger partial charge on any atom is 0.307 e. The molecule has 0 atom stereocenters. The van der Waals surface area contributed by atoms with Crippen molar-refractivity contribution in [2.45, 2.75) is 12.8 Å². The summed E-state index contributed by atoms with van der Waals surface area (Å²) in [6.45, 7) is 1.30. The Morgan fingerprint density at radius 1 is 1.33 bits per heavy atom. The topological polar surface area (TPSA) is 61.6 Å². The molecule has 116 valence electrons. The third-order valence-electron chi connectivity index (χ3n) is 3.62. The Morgan fingerprint density at radius 2 is 2.00 bits per heavy atom. The lowest BCUT2D eigenvalue weighted by molar-refractivity contribution is -0.387. The number of halogens is 2. The second-order valence-electron chi connectivity index (χ2n) is 5.05. The lowest BCUT2D eigenvalue weighted by atomic mass is 9.83. The minimum Gasteiger partial charge on any atom is -0.490 e. The number of hydrogen-bond donors (Lipinski definition) is 1. The fraction of sp³-hybridized carbons (Fsp3) is 0.538. The van der Waals surface area contributed by atoms with Crippen LogP contribution in [-0.2, 0) is 4.74 Å². The molecule has 0 bridgehead atoms. The van der Waals surface area contributed by atoms with Gasteiger partial charge in [0.1, 0.15) is 0 Å². The number of nitro benzene ring substituents is 1. The van der Waals surface area contributed by atoms with Gasteiger partial charge in [-0.25, -0.2) is 4.39 Å². The second kappa shape index (κ2) is 6.57. The third-order valence-corrected chi connectivity index (χ3v) is 4.29. The molecule has 0 amide bonds. The molecule has 1 fully saturated rings. The average molecular weight is 319 g/mol. The van der Waals surface area contributed by atoms with Crippen LogP contribution in [0.5, 0.6) is 5.75 Å². The summed E-state index contributed by atoms with van der Waals surface area (Å²) in [6, 6.07) is 1.24. The summed E-state index contributed by atoms with van der Waals surface area (Å²) in [4.78, 5) is 9.55. The van der Waals surface area contributed by atoms with Crippen LogP contribution in [0.25, 0.3) is 0 Å². The molecule has 0 saturated carbocycles. The minimum absolute atomic E-state index is 0.161. The van der Waals surface area contributed by atoms with Gasteiger partial charge in [0.05, 0.1) is 17.6 Å². The molecule has 1 aliphatic rings. The first-order chi connectivity index (χ1) is 9.97. The molecule has 0 radical (unpaired) electrons. The summed E-state index contributed by atoms with van der Waals surface area (Å²) in [5.74, 6) is -1.87. The molecule has 0 spiro atoms. The SMILES string of the molecule is O=[N+]([O-])c1cc(F)c(OCC2(CS)CCOCC2)cc1F. The monoisotopic (exact) mass is 319 g/mol. The molecule has 0 aromatic heterocycles. The predicted molar refractivity (Wildman–Crippen MR) is 74.8 cm³/mol. The quantitative estimate of drug-likeness (QED) is 0.515. The maximum absolute atomic E-state index is 13.7. The van der Waals surface area contributed by atoms with Crippen LogP contribution in [-0.4, -0.2) is 30.5 Å². The highest BCUT2D eigenvalue weighted by Gasteiger charge is 2.33. The molecule has 5 nitrogen and oxygen atoms in total. The van der Waals surface area contributed by atoms with Crippen molar-refractivity contribution in [3.05, 3.63) is 33.9 Å². The zero-order valence-electron chi connectivity index (χ0n) is 11.2. The lowest BCUT2D eigenvalue weighted by Gasteiger charge is -2.35. The van der Waals surface area contributed by atoms with Gasteiger partial charge in [-0.2, -0.15) is 17.0 Å². The number of thiol groups is 1. The largest absolute Gasteiger partial charge is 0.490 e. The number of rotatable bonds is 5. The molecule has 1 aromatic rings. The average Bonchev–Trinajstić information content (AvgIpc) is 2.48. The third kappa shape index (κ3) is 3.62. The molecule has 21 heavy (non-hydrogen) atoms. The van der Waals surface area contributed by atoms with E-state index in [0.29, 0.717) is 43.9 Å². The predicted octanol–water partition coefficient (Wildman–Crippen LogP) is 2.98. The van der Waals surface area contributed by atoms with Crippen molar-refractivity contribution in [3.63, 3.8) is 0 Å². The molecule has 0 N–H and O–H groups in total. The highest BCUT2D eigenvalue weighted by molar-refractivity contribution is 7.80. The van der Waals surface area contributed by atoms with Crippen molar-refractivity contribution in [2.24, 2.45) is 5.41 Å². The van der Waals surface area contributed by atoms with Crippen molar-refractivity contribution in [2.75, 3.05) is 25.6 Å². The molecule has 1 aliphatic heterocycles. The minimum atomic E-state index is -1.12. The Bertz CT molecular complexity index is 535. The van der Waals surface area contributed by atoms with Crippen molar-refractivity contribution >= 4 is 18.3 Å². The molecule has 0 aliphatic carbocycles. The van der Waals surface area contributed by atoms with Crippen LogP contribution in [0.15, 0.2) is 12.1 Å². The fourth-order valence-corrected chi connectivity index (χ4v) is 2.56. The van der Waals surface area contributed by atoms with Crippen molar-refractivity contribution < 1.29 is 23.2 Å². The van der Waals surface area contributed by atoms with Gasteiger partial charge in [0.2, 0.25) is 5.82 Å². The van der Waals surface area contributed by atoms with E-state index in [-0.39, 0.29) is 17.8 Å². The summed E-state index contributed by atoms with van der Waals surface area (Å²) in [5.41, 5.74) is -1.17. The van der Waals surface area contributed by atoms with Crippen LogP contribution < -0.4 is 4.74 Å².